The van der Waals surface area contributed by atoms with Gasteiger partial charge in [-0.15, -0.1) is 0 Å². The molecule has 2 atom stereocenters. The van der Waals surface area contributed by atoms with Crippen LogP contribution in [0.5, 0.6) is 0 Å². The fourth-order valence-corrected chi connectivity index (χ4v) is 2.92. The molecule has 1 saturated carbocycles. The second-order valence-corrected chi connectivity index (χ2v) is 5.96. The van der Waals surface area contributed by atoms with Crippen LogP contribution in [0.3, 0.4) is 0 Å². The van der Waals surface area contributed by atoms with Gasteiger partial charge in [-0.2, -0.15) is 0 Å². The van der Waals surface area contributed by atoms with Crippen molar-refractivity contribution < 1.29 is 14.4 Å². The van der Waals surface area contributed by atoms with Crippen LogP contribution in [-0.2, 0) is 0 Å². The number of aliphatic hydroxyl groups is 1. The van der Waals surface area contributed by atoms with Gasteiger partial charge in [0, 0.05) is 18.2 Å². The molecule has 0 spiro atoms. The molecule has 1 aliphatic carbocycles. The zero-order valence-electron chi connectivity index (χ0n) is 12.9. The largest absolute Gasteiger partial charge is 0.393 e. The first-order chi connectivity index (χ1) is 11.2. The minimum atomic E-state index is -0.307. The number of carbonyl (C=O) groups excluding carboxylic acids is 1. The van der Waals surface area contributed by atoms with Crippen molar-refractivity contribution in [3.05, 3.63) is 36.4 Å². The van der Waals surface area contributed by atoms with E-state index in [1.54, 1.807) is 6.07 Å². The number of carbonyl (C=O) groups is 1. The normalized spacial score (nSPS) is 20.9. The summed E-state index contributed by atoms with van der Waals surface area (Å²) >= 11 is 0. The van der Waals surface area contributed by atoms with Crippen LogP contribution < -0.4 is 10.6 Å². The minimum absolute atomic E-state index is 0.234. The fraction of sp³-hybridized carbons (Fsp3) is 0.412. The van der Waals surface area contributed by atoms with E-state index in [4.69, 9.17) is 4.52 Å². The summed E-state index contributed by atoms with van der Waals surface area (Å²) in [4.78, 5) is 11.9. The molecule has 6 heteroatoms. The zero-order valence-corrected chi connectivity index (χ0v) is 12.9. The summed E-state index contributed by atoms with van der Waals surface area (Å²) in [7, 11) is 0. The lowest BCUT2D eigenvalue weighted by molar-refractivity contribution is 0.101. The van der Waals surface area contributed by atoms with Crippen LogP contribution in [0.2, 0.25) is 0 Å². The maximum absolute atomic E-state index is 11.9. The Morgan fingerprint density at radius 3 is 2.91 bits per heavy atom. The van der Waals surface area contributed by atoms with Gasteiger partial charge >= 0.3 is 6.03 Å². The Hall–Kier alpha value is -2.34. The maximum Gasteiger partial charge on any atom is 0.320 e. The Balaban J connectivity index is 1.49. The van der Waals surface area contributed by atoms with Crippen molar-refractivity contribution in [3.8, 4) is 11.3 Å². The lowest BCUT2D eigenvalue weighted by Gasteiger charge is -2.25. The number of anilines is 1. The Kier molecular flexibility index (Phi) is 4.92. The molecule has 0 radical (unpaired) electrons. The topological polar surface area (TPSA) is 87.4 Å². The summed E-state index contributed by atoms with van der Waals surface area (Å²) in [6.45, 7) is 0.562. The van der Waals surface area contributed by atoms with Gasteiger partial charge in [0.1, 0.15) is 0 Å². The van der Waals surface area contributed by atoms with Crippen LogP contribution in [0, 0.1) is 5.92 Å². The second-order valence-electron chi connectivity index (χ2n) is 5.96. The van der Waals surface area contributed by atoms with E-state index in [1.807, 2.05) is 30.3 Å². The highest BCUT2D eigenvalue weighted by Gasteiger charge is 2.20. The summed E-state index contributed by atoms with van der Waals surface area (Å²) in [5, 5.41) is 19.0. The first-order valence-electron chi connectivity index (χ1n) is 7.96. The average molecular weight is 315 g/mol. The summed E-state index contributed by atoms with van der Waals surface area (Å²) in [5.74, 6) is 1.32. The molecule has 3 rings (SSSR count). The highest BCUT2D eigenvalue weighted by molar-refractivity contribution is 5.88. The fourth-order valence-electron chi connectivity index (χ4n) is 2.92. The molecular weight excluding hydrogens is 294 g/mol. The van der Waals surface area contributed by atoms with Crippen LogP contribution in [0.4, 0.5) is 10.6 Å². The molecule has 1 aromatic carbocycles. The van der Waals surface area contributed by atoms with E-state index >= 15 is 0 Å². The molecule has 6 nitrogen and oxygen atoms in total. The van der Waals surface area contributed by atoms with Crippen molar-refractivity contribution in [3.63, 3.8) is 0 Å². The lowest BCUT2D eigenvalue weighted by Crippen LogP contribution is -2.35. The molecule has 122 valence electrons. The molecule has 1 aliphatic rings. The minimum Gasteiger partial charge on any atom is -0.393 e. The molecular formula is C17H21N3O3. The maximum atomic E-state index is 11.9. The van der Waals surface area contributed by atoms with E-state index < -0.39 is 0 Å². The Morgan fingerprint density at radius 1 is 1.30 bits per heavy atom. The van der Waals surface area contributed by atoms with E-state index in [-0.39, 0.29) is 12.1 Å². The smallest absolute Gasteiger partial charge is 0.320 e. The van der Waals surface area contributed by atoms with Crippen LogP contribution in [0.1, 0.15) is 25.7 Å². The molecule has 0 bridgehead atoms. The van der Waals surface area contributed by atoms with Crippen LogP contribution in [-0.4, -0.2) is 28.9 Å². The Bertz CT molecular complexity index is 642. The van der Waals surface area contributed by atoms with Crippen LogP contribution in [0.25, 0.3) is 11.3 Å². The van der Waals surface area contributed by atoms with Crippen LogP contribution >= 0.6 is 0 Å². The number of benzene rings is 1. The number of nitrogens with one attached hydrogen (secondary N) is 2. The first-order valence-corrected chi connectivity index (χ1v) is 7.96. The van der Waals surface area contributed by atoms with Gasteiger partial charge in [-0.1, -0.05) is 41.9 Å². The third-order valence-corrected chi connectivity index (χ3v) is 4.12. The number of aromatic nitrogens is 1. The monoisotopic (exact) mass is 315 g/mol. The number of hydrogen-bond donors (Lipinski definition) is 3. The number of rotatable bonds is 4. The Labute approximate surface area is 134 Å². The average Bonchev–Trinajstić information content (AvgIpc) is 3.02. The number of hydrogen-bond acceptors (Lipinski definition) is 4. The van der Waals surface area contributed by atoms with Gasteiger partial charge in [0.25, 0.3) is 0 Å². The van der Waals surface area contributed by atoms with Gasteiger partial charge in [-0.25, -0.2) is 4.79 Å². The van der Waals surface area contributed by atoms with Crippen molar-refractivity contribution in [2.24, 2.45) is 5.92 Å². The van der Waals surface area contributed by atoms with Gasteiger partial charge in [0.05, 0.1) is 6.10 Å². The van der Waals surface area contributed by atoms with Gasteiger partial charge in [-0.3, -0.25) is 5.32 Å². The van der Waals surface area contributed by atoms with Gasteiger partial charge in [0.2, 0.25) is 0 Å². The summed E-state index contributed by atoms with van der Waals surface area (Å²) in [6.07, 6.45) is 3.44. The van der Waals surface area contributed by atoms with Crippen molar-refractivity contribution in [2.45, 2.75) is 31.8 Å². The zero-order chi connectivity index (χ0) is 16.1. The predicted molar refractivity (Wildman–Crippen MR) is 86.9 cm³/mol. The second kappa shape index (κ2) is 7.28. The molecule has 1 fully saturated rings. The molecule has 2 unspecified atom stereocenters. The molecule has 1 aromatic heterocycles. The molecule has 23 heavy (non-hydrogen) atoms. The quantitative estimate of drug-likeness (QED) is 0.809. The summed E-state index contributed by atoms with van der Waals surface area (Å²) < 4.78 is 5.23. The van der Waals surface area contributed by atoms with Crippen molar-refractivity contribution in [1.82, 2.24) is 10.5 Å². The van der Waals surface area contributed by atoms with Gasteiger partial charge in [-0.05, 0) is 25.2 Å². The predicted octanol–water partition coefficient (Wildman–Crippen LogP) is 3.01. The third-order valence-electron chi connectivity index (χ3n) is 4.12. The van der Waals surface area contributed by atoms with Gasteiger partial charge < -0.3 is 14.9 Å². The highest BCUT2D eigenvalue weighted by atomic mass is 16.5. The summed E-state index contributed by atoms with van der Waals surface area (Å²) in [5.41, 5.74) is 0.907. The highest BCUT2D eigenvalue weighted by Crippen LogP contribution is 2.24. The number of nitrogens with zero attached hydrogens (tertiary/aromatic N) is 1. The molecule has 0 aliphatic heterocycles. The lowest BCUT2D eigenvalue weighted by atomic mass is 9.87. The molecule has 2 amide bonds. The van der Waals surface area contributed by atoms with Gasteiger partial charge in [0.15, 0.2) is 11.6 Å². The molecule has 0 saturated heterocycles. The summed E-state index contributed by atoms with van der Waals surface area (Å²) in [6, 6.07) is 11.0. The molecule has 1 heterocycles. The molecule has 2 aromatic rings. The number of amides is 2. The Morgan fingerprint density at radius 2 is 2.13 bits per heavy atom. The van der Waals surface area contributed by atoms with E-state index in [0.717, 1.165) is 31.2 Å². The van der Waals surface area contributed by atoms with Crippen LogP contribution in [0.15, 0.2) is 40.9 Å². The number of urea groups is 1. The van der Waals surface area contributed by atoms with E-state index in [1.165, 1.54) is 0 Å². The van der Waals surface area contributed by atoms with Crippen molar-refractivity contribution >= 4 is 11.8 Å². The van der Waals surface area contributed by atoms with E-state index in [9.17, 15) is 9.90 Å². The number of aliphatic hydroxyl groups excluding tert-OH is 1. The molecule has 3 N–H and O–H groups in total. The third kappa shape index (κ3) is 4.32. The SMILES string of the molecule is O=C(NCC1CCCC(O)C1)Nc1cc(-c2ccccc2)on1. The van der Waals surface area contributed by atoms with E-state index in [2.05, 4.69) is 15.8 Å². The van der Waals surface area contributed by atoms with Crippen molar-refractivity contribution in [2.75, 3.05) is 11.9 Å². The standard InChI is InChI=1S/C17H21N3O3/c21-14-8-4-5-12(9-14)11-18-17(22)19-16-10-15(23-20-16)13-6-2-1-3-7-13/h1-3,6-7,10,12,14,21H,4-5,8-9,11H2,(H2,18,19,20,22). The van der Waals surface area contributed by atoms with E-state index in [0.29, 0.717) is 24.0 Å². The van der Waals surface area contributed by atoms with Crippen molar-refractivity contribution in [1.29, 1.82) is 0 Å². The first kappa shape index (κ1) is 15.6.